The fourth-order valence-corrected chi connectivity index (χ4v) is 2.73. The molecule has 0 aliphatic carbocycles. The largest absolute Gasteiger partial charge is 0.481 e. The van der Waals surface area contributed by atoms with E-state index in [0.29, 0.717) is 13.0 Å². The van der Waals surface area contributed by atoms with Crippen molar-refractivity contribution < 1.29 is 14.3 Å². The summed E-state index contributed by atoms with van der Waals surface area (Å²) in [6.45, 7) is 3.12. The van der Waals surface area contributed by atoms with Crippen molar-refractivity contribution in [3.8, 4) is 0 Å². The standard InChI is InChI=1S/C14H16N2O3/c1-14(13(17)18)5-2-7-16(9-14)12-10-4-8-19-11(10)3-6-15-12/h3-4,6,8H,2,5,7,9H2,1H3,(H,17,18). The zero-order valence-electron chi connectivity index (χ0n) is 10.8. The number of piperidine rings is 1. The van der Waals surface area contributed by atoms with Gasteiger partial charge in [-0.25, -0.2) is 4.98 Å². The van der Waals surface area contributed by atoms with Crippen molar-refractivity contribution in [2.75, 3.05) is 18.0 Å². The van der Waals surface area contributed by atoms with Gasteiger partial charge in [0.15, 0.2) is 0 Å². The second-order valence-corrected chi connectivity index (χ2v) is 5.36. The summed E-state index contributed by atoms with van der Waals surface area (Å²) >= 11 is 0. The topological polar surface area (TPSA) is 66.6 Å². The molecule has 2 aromatic heterocycles. The van der Waals surface area contributed by atoms with Gasteiger partial charge in [-0.2, -0.15) is 0 Å². The number of hydrogen-bond donors (Lipinski definition) is 1. The number of rotatable bonds is 2. The number of pyridine rings is 1. The Labute approximate surface area is 110 Å². The first-order chi connectivity index (χ1) is 9.10. The van der Waals surface area contributed by atoms with E-state index in [0.717, 1.165) is 29.8 Å². The number of aromatic nitrogens is 1. The summed E-state index contributed by atoms with van der Waals surface area (Å²) < 4.78 is 5.37. The predicted molar refractivity (Wildman–Crippen MR) is 71.2 cm³/mol. The van der Waals surface area contributed by atoms with Crippen molar-refractivity contribution in [3.63, 3.8) is 0 Å². The molecule has 1 aliphatic heterocycles. The van der Waals surface area contributed by atoms with Crippen molar-refractivity contribution in [1.82, 2.24) is 4.98 Å². The number of carboxylic acids is 1. The van der Waals surface area contributed by atoms with Crippen molar-refractivity contribution >= 4 is 22.8 Å². The number of anilines is 1. The molecule has 1 atom stereocenters. The Hall–Kier alpha value is -2.04. The van der Waals surface area contributed by atoms with E-state index in [4.69, 9.17) is 4.42 Å². The molecule has 100 valence electrons. The van der Waals surface area contributed by atoms with E-state index in [2.05, 4.69) is 9.88 Å². The minimum atomic E-state index is -0.739. The summed E-state index contributed by atoms with van der Waals surface area (Å²) in [4.78, 5) is 17.9. The molecule has 3 rings (SSSR count). The smallest absolute Gasteiger partial charge is 0.311 e. The Bertz CT molecular complexity index is 622. The number of fused-ring (bicyclic) bond motifs is 1. The molecule has 1 N–H and O–H groups in total. The highest BCUT2D eigenvalue weighted by atomic mass is 16.4. The first-order valence-corrected chi connectivity index (χ1v) is 6.41. The molecule has 1 saturated heterocycles. The van der Waals surface area contributed by atoms with E-state index in [1.54, 1.807) is 19.4 Å². The molecule has 1 aliphatic rings. The van der Waals surface area contributed by atoms with Crippen LogP contribution >= 0.6 is 0 Å². The third kappa shape index (κ3) is 1.95. The third-order valence-corrected chi connectivity index (χ3v) is 3.87. The predicted octanol–water partition coefficient (Wildman–Crippen LogP) is 2.52. The SMILES string of the molecule is CC1(C(=O)O)CCCN(c2nccc3occc23)C1. The van der Waals surface area contributed by atoms with E-state index in [1.165, 1.54) is 0 Å². The highest BCUT2D eigenvalue weighted by Gasteiger charge is 2.38. The van der Waals surface area contributed by atoms with Gasteiger partial charge in [0.2, 0.25) is 0 Å². The fourth-order valence-electron chi connectivity index (χ4n) is 2.73. The Morgan fingerprint density at radius 2 is 2.37 bits per heavy atom. The second kappa shape index (κ2) is 4.26. The van der Waals surface area contributed by atoms with Crippen LogP contribution < -0.4 is 4.90 Å². The molecule has 0 spiro atoms. The van der Waals surface area contributed by atoms with Crippen molar-refractivity contribution in [3.05, 3.63) is 24.6 Å². The average Bonchev–Trinajstić information content (AvgIpc) is 2.86. The average molecular weight is 260 g/mol. The molecule has 1 fully saturated rings. The zero-order chi connectivity index (χ0) is 13.5. The molecule has 0 amide bonds. The Balaban J connectivity index is 1.98. The lowest BCUT2D eigenvalue weighted by atomic mass is 9.82. The van der Waals surface area contributed by atoms with Gasteiger partial charge < -0.3 is 14.4 Å². The van der Waals surface area contributed by atoms with Gasteiger partial charge in [-0.1, -0.05) is 0 Å². The monoisotopic (exact) mass is 260 g/mol. The summed E-state index contributed by atoms with van der Waals surface area (Å²) in [5.41, 5.74) is 0.0823. The van der Waals surface area contributed by atoms with E-state index >= 15 is 0 Å². The molecule has 0 bridgehead atoms. The van der Waals surface area contributed by atoms with Crippen LogP contribution in [-0.4, -0.2) is 29.1 Å². The Morgan fingerprint density at radius 1 is 1.53 bits per heavy atom. The maximum atomic E-state index is 11.4. The highest BCUT2D eigenvalue weighted by molar-refractivity contribution is 5.89. The fraction of sp³-hybridized carbons (Fsp3) is 0.429. The Morgan fingerprint density at radius 3 is 3.16 bits per heavy atom. The van der Waals surface area contributed by atoms with Gasteiger partial charge in [0.1, 0.15) is 11.4 Å². The van der Waals surface area contributed by atoms with Gasteiger partial charge >= 0.3 is 5.97 Å². The van der Waals surface area contributed by atoms with Crippen molar-refractivity contribution in [2.45, 2.75) is 19.8 Å². The normalized spacial score (nSPS) is 23.7. The lowest BCUT2D eigenvalue weighted by Crippen LogP contribution is -2.46. The van der Waals surface area contributed by atoms with Crippen LogP contribution in [-0.2, 0) is 4.79 Å². The molecule has 1 unspecified atom stereocenters. The molecular formula is C14H16N2O3. The summed E-state index contributed by atoms with van der Waals surface area (Å²) in [6.07, 6.45) is 4.91. The first kappa shape index (κ1) is 12.0. The van der Waals surface area contributed by atoms with Crippen LogP contribution in [0.1, 0.15) is 19.8 Å². The maximum absolute atomic E-state index is 11.4. The minimum Gasteiger partial charge on any atom is -0.481 e. The van der Waals surface area contributed by atoms with Crippen molar-refractivity contribution in [1.29, 1.82) is 0 Å². The maximum Gasteiger partial charge on any atom is 0.311 e. The lowest BCUT2D eigenvalue weighted by molar-refractivity contribution is -0.148. The molecule has 2 aromatic rings. The van der Waals surface area contributed by atoms with E-state index in [1.807, 2.05) is 12.1 Å². The summed E-state index contributed by atoms with van der Waals surface area (Å²) in [6, 6.07) is 3.70. The highest BCUT2D eigenvalue weighted by Crippen LogP contribution is 2.34. The van der Waals surface area contributed by atoms with Gasteiger partial charge in [0.05, 0.1) is 17.1 Å². The van der Waals surface area contributed by atoms with Crippen LogP contribution in [0.3, 0.4) is 0 Å². The van der Waals surface area contributed by atoms with Gasteiger partial charge in [0, 0.05) is 19.3 Å². The van der Waals surface area contributed by atoms with Crippen LogP contribution in [0.25, 0.3) is 11.0 Å². The van der Waals surface area contributed by atoms with Gasteiger partial charge in [-0.15, -0.1) is 0 Å². The first-order valence-electron chi connectivity index (χ1n) is 6.41. The van der Waals surface area contributed by atoms with Gasteiger partial charge in [0.25, 0.3) is 0 Å². The molecule has 19 heavy (non-hydrogen) atoms. The van der Waals surface area contributed by atoms with Gasteiger partial charge in [-0.05, 0) is 31.9 Å². The number of carbonyl (C=O) groups is 1. The van der Waals surface area contributed by atoms with E-state index in [9.17, 15) is 9.90 Å². The van der Waals surface area contributed by atoms with Gasteiger partial charge in [-0.3, -0.25) is 4.79 Å². The van der Waals surface area contributed by atoms with Crippen LogP contribution in [0.5, 0.6) is 0 Å². The lowest BCUT2D eigenvalue weighted by Gasteiger charge is -2.38. The Kier molecular flexibility index (Phi) is 2.69. The van der Waals surface area contributed by atoms with Crippen LogP contribution in [0.2, 0.25) is 0 Å². The summed E-state index contributed by atoms with van der Waals surface area (Å²) in [5, 5.41) is 10.3. The van der Waals surface area contributed by atoms with Crippen LogP contribution in [0.15, 0.2) is 29.0 Å². The number of carboxylic acid groups (broad SMARTS) is 1. The number of hydrogen-bond acceptors (Lipinski definition) is 4. The molecular weight excluding hydrogens is 244 g/mol. The molecule has 5 heteroatoms. The van der Waals surface area contributed by atoms with Crippen molar-refractivity contribution in [2.24, 2.45) is 5.41 Å². The summed E-state index contributed by atoms with van der Waals surface area (Å²) in [5.74, 6) is 0.0787. The number of aliphatic carboxylic acids is 1. The molecule has 0 saturated carbocycles. The molecule has 0 radical (unpaired) electrons. The quantitative estimate of drug-likeness (QED) is 0.898. The van der Waals surface area contributed by atoms with E-state index in [-0.39, 0.29) is 0 Å². The van der Waals surface area contributed by atoms with Crippen LogP contribution in [0, 0.1) is 5.41 Å². The third-order valence-electron chi connectivity index (χ3n) is 3.87. The number of furan rings is 1. The second-order valence-electron chi connectivity index (χ2n) is 5.36. The number of nitrogens with zero attached hydrogens (tertiary/aromatic N) is 2. The molecule has 3 heterocycles. The molecule has 5 nitrogen and oxygen atoms in total. The van der Waals surface area contributed by atoms with E-state index < -0.39 is 11.4 Å². The molecule has 0 aromatic carbocycles. The summed E-state index contributed by atoms with van der Waals surface area (Å²) in [7, 11) is 0. The van der Waals surface area contributed by atoms with Crippen LogP contribution in [0.4, 0.5) is 5.82 Å². The zero-order valence-corrected chi connectivity index (χ0v) is 10.8. The minimum absolute atomic E-state index is 0.486.